The van der Waals surface area contributed by atoms with Crippen LogP contribution in [0, 0.1) is 0 Å². The van der Waals surface area contributed by atoms with Gasteiger partial charge in [-0.1, -0.05) is 11.3 Å². The molecule has 0 aromatic carbocycles. The topological polar surface area (TPSA) is 61.8 Å². The number of hydrogen-bond donors (Lipinski definition) is 0. The van der Waals surface area contributed by atoms with E-state index in [2.05, 4.69) is 35.9 Å². The average molecular weight is 432 g/mol. The number of ether oxygens (including phenoxy) is 1. The van der Waals surface area contributed by atoms with Crippen molar-refractivity contribution in [1.29, 1.82) is 0 Å². The van der Waals surface area contributed by atoms with Crippen LogP contribution in [0.25, 0.3) is 0 Å². The van der Waals surface area contributed by atoms with Crippen LogP contribution in [0.2, 0.25) is 0 Å². The van der Waals surface area contributed by atoms with Crippen molar-refractivity contribution >= 4 is 38.5 Å². The Kier molecular flexibility index (Phi) is 5.85. The lowest BCUT2D eigenvalue weighted by molar-refractivity contribution is 0.00902. The van der Waals surface area contributed by atoms with Gasteiger partial charge in [0.1, 0.15) is 5.60 Å². The highest BCUT2D eigenvalue weighted by atomic mass is 79.9. The molecule has 0 spiro atoms. The van der Waals surface area contributed by atoms with Gasteiger partial charge in [0.2, 0.25) is 5.13 Å². The van der Waals surface area contributed by atoms with Crippen LogP contribution < -0.4 is 4.90 Å². The molecule has 2 aliphatic rings. The fourth-order valence-electron chi connectivity index (χ4n) is 3.34. The van der Waals surface area contributed by atoms with Gasteiger partial charge >= 0.3 is 6.09 Å². The zero-order valence-corrected chi connectivity index (χ0v) is 17.5. The van der Waals surface area contributed by atoms with E-state index < -0.39 is 5.60 Å². The molecular weight excluding hydrogens is 406 g/mol. The Labute approximate surface area is 161 Å². The van der Waals surface area contributed by atoms with E-state index in [4.69, 9.17) is 4.74 Å². The van der Waals surface area contributed by atoms with Gasteiger partial charge in [-0.2, -0.15) is 0 Å². The maximum Gasteiger partial charge on any atom is 0.410 e. The van der Waals surface area contributed by atoms with Crippen LogP contribution >= 0.6 is 27.3 Å². The van der Waals surface area contributed by atoms with Crippen molar-refractivity contribution in [3.8, 4) is 0 Å². The number of piperazine rings is 1. The summed E-state index contributed by atoms with van der Waals surface area (Å²) in [5.41, 5.74) is -0.430. The molecule has 0 unspecified atom stereocenters. The van der Waals surface area contributed by atoms with E-state index in [1.54, 1.807) is 11.3 Å². The summed E-state index contributed by atoms with van der Waals surface area (Å²) in [4.78, 5) is 18.8. The van der Waals surface area contributed by atoms with Crippen molar-refractivity contribution in [2.45, 2.75) is 45.3 Å². The first kappa shape index (κ1) is 18.8. The Bertz CT molecular complexity index is 590. The summed E-state index contributed by atoms with van der Waals surface area (Å²) in [7, 11) is 0. The van der Waals surface area contributed by atoms with Crippen molar-refractivity contribution in [2.75, 3.05) is 44.2 Å². The lowest BCUT2D eigenvalue weighted by atomic mass is 10.0. The Balaban J connectivity index is 1.44. The molecule has 1 aromatic rings. The lowest BCUT2D eigenvalue weighted by Crippen LogP contribution is -2.55. The van der Waals surface area contributed by atoms with Crippen LogP contribution in [0.5, 0.6) is 0 Å². The number of anilines is 1. The fraction of sp³-hybridized carbons (Fsp3) is 0.812. The Morgan fingerprint density at radius 1 is 1.12 bits per heavy atom. The van der Waals surface area contributed by atoms with Crippen molar-refractivity contribution in [2.24, 2.45) is 0 Å². The minimum atomic E-state index is -0.430. The molecule has 0 saturated carbocycles. The first-order valence-corrected chi connectivity index (χ1v) is 10.4. The summed E-state index contributed by atoms with van der Waals surface area (Å²) in [6.45, 7) is 11.1. The number of halogens is 1. The molecule has 140 valence electrons. The highest BCUT2D eigenvalue weighted by molar-refractivity contribution is 9.11. The van der Waals surface area contributed by atoms with E-state index >= 15 is 0 Å². The normalized spacial score (nSPS) is 20.8. The Morgan fingerprint density at radius 3 is 2.28 bits per heavy atom. The molecule has 3 rings (SSSR count). The predicted molar refractivity (Wildman–Crippen MR) is 102 cm³/mol. The summed E-state index contributed by atoms with van der Waals surface area (Å²) >= 11 is 4.96. The molecular formula is C16H26BrN5O2S. The predicted octanol–water partition coefficient (Wildman–Crippen LogP) is 2.82. The van der Waals surface area contributed by atoms with Crippen LogP contribution in [-0.4, -0.2) is 77.0 Å². The first-order valence-electron chi connectivity index (χ1n) is 8.78. The van der Waals surface area contributed by atoms with Crippen LogP contribution in [0.1, 0.15) is 33.6 Å². The van der Waals surface area contributed by atoms with Crippen LogP contribution in [0.4, 0.5) is 9.93 Å². The second-order valence-corrected chi connectivity index (χ2v) is 9.79. The van der Waals surface area contributed by atoms with Crippen molar-refractivity contribution in [3.63, 3.8) is 0 Å². The number of aromatic nitrogens is 2. The molecule has 25 heavy (non-hydrogen) atoms. The highest BCUT2D eigenvalue weighted by Crippen LogP contribution is 2.28. The molecule has 0 radical (unpaired) electrons. The largest absolute Gasteiger partial charge is 0.444 e. The van der Waals surface area contributed by atoms with E-state index in [0.29, 0.717) is 6.04 Å². The zero-order valence-electron chi connectivity index (χ0n) is 15.1. The number of rotatable bonds is 2. The first-order chi connectivity index (χ1) is 11.8. The van der Waals surface area contributed by atoms with Gasteiger partial charge in [-0.3, -0.25) is 4.90 Å². The van der Waals surface area contributed by atoms with Gasteiger partial charge in [-0.25, -0.2) is 4.79 Å². The molecule has 0 aliphatic carbocycles. The number of carbonyl (C=O) groups is 1. The van der Waals surface area contributed by atoms with Gasteiger partial charge in [-0.05, 0) is 49.5 Å². The van der Waals surface area contributed by atoms with Crippen molar-refractivity contribution in [1.82, 2.24) is 20.0 Å². The fourth-order valence-corrected chi connectivity index (χ4v) is 4.48. The number of amides is 1. The number of carbonyl (C=O) groups excluding carboxylic acids is 1. The molecule has 0 bridgehead atoms. The highest BCUT2D eigenvalue weighted by Gasteiger charge is 2.31. The lowest BCUT2D eigenvalue weighted by Gasteiger charge is -2.42. The monoisotopic (exact) mass is 431 g/mol. The van der Waals surface area contributed by atoms with Crippen molar-refractivity contribution in [3.05, 3.63) is 3.92 Å². The third-order valence-electron chi connectivity index (χ3n) is 4.61. The number of hydrogen-bond acceptors (Lipinski definition) is 7. The summed E-state index contributed by atoms with van der Waals surface area (Å²) in [5, 5.41) is 9.25. The molecule has 1 amide bonds. The summed E-state index contributed by atoms with van der Waals surface area (Å²) < 4.78 is 6.31. The molecule has 0 atom stereocenters. The molecule has 2 fully saturated rings. The second-order valence-electron chi connectivity index (χ2n) is 7.56. The maximum absolute atomic E-state index is 12.2. The van der Waals surface area contributed by atoms with Gasteiger partial charge in [0.25, 0.3) is 0 Å². The quantitative estimate of drug-likeness (QED) is 0.717. The number of piperidine rings is 1. The Hall–Kier alpha value is -0.930. The second kappa shape index (κ2) is 7.75. The van der Waals surface area contributed by atoms with Crippen molar-refractivity contribution < 1.29 is 9.53 Å². The average Bonchev–Trinajstić information content (AvgIpc) is 3.00. The van der Waals surface area contributed by atoms with E-state index in [9.17, 15) is 4.79 Å². The number of nitrogens with zero attached hydrogens (tertiary/aromatic N) is 5. The molecule has 2 saturated heterocycles. The third-order valence-corrected chi connectivity index (χ3v) is 6.02. The molecule has 3 heterocycles. The van der Waals surface area contributed by atoms with E-state index in [-0.39, 0.29) is 6.09 Å². The van der Waals surface area contributed by atoms with E-state index in [1.807, 2.05) is 25.7 Å². The molecule has 2 aliphatic heterocycles. The molecule has 0 N–H and O–H groups in total. The minimum absolute atomic E-state index is 0.191. The Morgan fingerprint density at radius 2 is 1.76 bits per heavy atom. The van der Waals surface area contributed by atoms with Gasteiger partial charge in [-0.15, -0.1) is 10.2 Å². The van der Waals surface area contributed by atoms with E-state index in [0.717, 1.165) is 61.2 Å². The minimum Gasteiger partial charge on any atom is -0.444 e. The molecule has 7 nitrogen and oxygen atoms in total. The SMILES string of the molecule is CC(C)(C)OC(=O)N1CCN(C2CCN(c3nnc(Br)s3)CC2)CC1. The standard InChI is InChI=1S/C16H26BrN5O2S/c1-16(2,3)24-15(23)22-10-8-20(9-11-22)12-4-6-21(7-5-12)14-19-18-13(17)25-14/h12H,4-11H2,1-3H3. The van der Waals surface area contributed by atoms with Gasteiger partial charge < -0.3 is 14.5 Å². The van der Waals surface area contributed by atoms with Gasteiger partial charge in [0, 0.05) is 45.3 Å². The van der Waals surface area contributed by atoms with Crippen LogP contribution in [-0.2, 0) is 4.74 Å². The zero-order chi connectivity index (χ0) is 18.0. The third kappa shape index (κ3) is 5.04. The van der Waals surface area contributed by atoms with Crippen LogP contribution in [0.15, 0.2) is 3.92 Å². The summed E-state index contributed by atoms with van der Waals surface area (Å²) in [6, 6.07) is 0.591. The molecule has 9 heteroatoms. The van der Waals surface area contributed by atoms with E-state index in [1.165, 1.54) is 0 Å². The smallest absolute Gasteiger partial charge is 0.410 e. The maximum atomic E-state index is 12.2. The molecule has 1 aromatic heterocycles. The summed E-state index contributed by atoms with van der Waals surface area (Å²) in [5.74, 6) is 0. The van der Waals surface area contributed by atoms with Crippen LogP contribution in [0.3, 0.4) is 0 Å². The summed E-state index contributed by atoms with van der Waals surface area (Å²) in [6.07, 6.45) is 2.07. The van der Waals surface area contributed by atoms with Gasteiger partial charge in [0.05, 0.1) is 0 Å². The van der Waals surface area contributed by atoms with Gasteiger partial charge in [0.15, 0.2) is 3.92 Å².